The maximum absolute atomic E-state index is 3.66. The van der Waals surface area contributed by atoms with Crippen LogP contribution in [0.25, 0.3) is 0 Å². The molecule has 1 nitrogen and oxygen atoms in total. The molecule has 1 heteroatoms. The summed E-state index contributed by atoms with van der Waals surface area (Å²) in [5.41, 5.74) is 0. The summed E-state index contributed by atoms with van der Waals surface area (Å²) in [5, 5.41) is 3.66. The van der Waals surface area contributed by atoms with Crippen molar-refractivity contribution in [3.63, 3.8) is 0 Å². The third-order valence-corrected chi connectivity index (χ3v) is 3.63. The monoisotopic (exact) mass is 211 g/mol. The van der Waals surface area contributed by atoms with Gasteiger partial charge in [0.25, 0.3) is 0 Å². The molecule has 0 aromatic rings. The lowest BCUT2D eigenvalue weighted by Crippen LogP contribution is -2.19. The van der Waals surface area contributed by atoms with Gasteiger partial charge in [0.15, 0.2) is 0 Å². The second-order valence-electron chi connectivity index (χ2n) is 5.09. The highest BCUT2D eigenvalue weighted by atomic mass is 15.0. The van der Waals surface area contributed by atoms with Gasteiger partial charge in [-0.2, -0.15) is 0 Å². The molecule has 1 fully saturated rings. The average molecular weight is 211 g/mol. The minimum atomic E-state index is 0.884. The molecular formula is C14H29N. The van der Waals surface area contributed by atoms with E-state index in [-0.39, 0.29) is 0 Å². The molecule has 0 bridgehead atoms. The van der Waals surface area contributed by atoms with Crippen LogP contribution in [0.4, 0.5) is 0 Å². The molecule has 0 aromatic carbocycles. The Kier molecular flexibility index (Phi) is 7.08. The number of nitrogens with one attached hydrogen (secondary N) is 1. The largest absolute Gasteiger partial charge is 0.314 e. The number of hydrogen-bond donors (Lipinski definition) is 1. The average Bonchev–Trinajstić information content (AvgIpc) is 3.01. The van der Waals surface area contributed by atoms with Crippen molar-refractivity contribution in [2.45, 2.75) is 77.7 Å². The quantitative estimate of drug-likeness (QED) is 0.536. The van der Waals surface area contributed by atoms with Gasteiger partial charge in [-0.05, 0) is 25.3 Å². The Hall–Kier alpha value is -0.0400. The van der Waals surface area contributed by atoms with Crippen LogP contribution in [0.2, 0.25) is 0 Å². The summed E-state index contributed by atoms with van der Waals surface area (Å²) in [5.74, 6) is 1.01. The first-order chi connectivity index (χ1) is 7.38. The normalized spacial score (nSPS) is 24.4. The lowest BCUT2D eigenvalue weighted by molar-refractivity contribution is 0.549. The van der Waals surface area contributed by atoms with Crippen molar-refractivity contribution in [3.05, 3.63) is 0 Å². The summed E-state index contributed by atoms with van der Waals surface area (Å²) in [6, 6.07) is 0.884. The van der Waals surface area contributed by atoms with Gasteiger partial charge < -0.3 is 5.32 Å². The standard InChI is InChI=1S/C14H29N/c1-3-5-6-7-8-9-10-11-15-14-12-13(14)4-2/h13-15H,3-12H2,1-2H3. The predicted octanol–water partition coefficient (Wildman–Crippen LogP) is 4.13. The summed E-state index contributed by atoms with van der Waals surface area (Å²) in [4.78, 5) is 0. The first-order valence-corrected chi connectivity index (χ1v) is 7.11. The van der Waals surface area contributed by atoms with E-state index in [1.807, 2.05) is 0 Å². The van der Waals surface area contributed by atoms with Crippen molar-refractivity contribution in [1.82, 2.24) is 5.32 Å². The molecule has 1 saturated carbocycles. The predicted molar refractivity (Wildman–Crippen MR) is 68.2 cm³/mol. The molecular weight excluding hydrogens is 182 g/mol. The van der Waals surface area contributed by atoms with Crippen molar-refractivity contribution in [3.8, 4) is 0 Å². The Morgan fingerprint density at radius 2 is 1.60 bits per heavy atom. The van der Waals surface area contributed by atoms with Crippen LogP contribution in [0.3, 0.4) is 0 Å². The summed E-state index contributed by atoms with van der Waals surface area (Å²) in [6.45, 7) is 5.85. The van der Waals surface area contributed by atoms with Crippen molar-refractivity contribution < 1.29 is 0 Å². The van der Waals surface area contributed by atoms with Crippen molar-refractivity contribution in [1.29, 1.82) is 0 Å². The topological polar surface area (TPSA) is 12.0 Å². The van der Waals surface area contributed by atoms with Gasteiger partial charge in [-0.1, -0.05) is 58.8 Å². The Morgan fingerprint density at radius 3 is 2.20 bits per heavy atom. The van der Waals surface area contributed by atoms with Gasteiger partial charge in [0.1, 0.15) is 0 Å². The Bertz CT molecular complexity index is 144. The van der Waals surface area contributed by atoms with Crippen LogP contribution in [-0.4, -0.2) is 12.6 Å². The van der Waals surface area contributed by atoms with E-state index in [0.29, 0.717) is 0 Å². The van der Waals surface area contributed by atoms with E-state index < -0.39 is 0 Å². The summed E-state index contributed by atoms with van der Waals surface area (Å²) < 4.78 is 0. The molecule has 1 aliphatic rings. The van der Waals surface area contributed by atoms with E-state index in [4.69, 9.17) is 0 Å². The maximum Gasteiger partial charge on any atom is 0.00990 e. The Morgan fingerprint density at radius 1 is 0.933 bits per heavy atom. The third-order valence-electron chi connectivity index (χ3n) is 3.63. The van der Waals surface area contributed by atoms with E-state index in [2.05, 4.69) is 19.2 Å². The lowest BCUT2D eigenvalue weighted by atomic mass is 10.1. The van der Waals surface area contributed by atoms with Crippen molar-refractivity contribution in [2.24, 2.45) is 5.92 Å². The van der Waals surface area contributed by atoms with Gasteiger partial charge in [0.05, 0.1) is 0 Å². The molecule has 2 unspecified atom stereocenters. The molecule has 1 rings (SSSR count). The molecule has 0 spiro atoms. The molecule has 15 heavy (non-hydrogen) atoms. The van der Waals surface area contributed by atoms with Gasteiger partial charge >= 0.3 is 0 Å². The zero-order valence-corrected chi connectivity index (χ0v) is 10.7. The fourth-order valence-electron chi connectivity index (χ4n) is 2.32. The zero-order valence-electron chi connectivity index (χ0n) is 10.7. The Balaban J connectivity index is 1.71. The number of unbranched alkanes of at least 4 members (excludes halogenated alkanes) is 6. The van der Waals surface area contributed by atoms with Crippen molar-refractivity contribution in [2.75, 3.05) is 6.54 Å². The molecule has 90 valence electrons. The summed E-state index contributed by atoms with van der Waals surface area (Å²) >= 11 is 0. The number of hydrogen-bond acceptors (Lipinski definition) is 1. The van der Waals surface area contributed by atoms with E-state index in [0.717, 1.165) is 12.0 Å². The minimum Gasteiger partial charge on any atom is -0.314 e. The van der Waals surface area contributed by atoms with Crippen molar-refractivity contribution >= 4 is 0 Å². The third kappa shape index (κ3) is 6.19. The Labute approximate surface area is 96.0 Å². The highest BCUT2D eigenvalue weighted by Crippen LogP contribution is 2.32. The molecule has 0 saturated heterocycles. The van der Waals surface area contributed by atoms with Gasteiger partial charge in [-0.15, -0.1) is 0 Å². The summed E-state index contributed by atoms with van der Waals surface area (Å²) in [7, 11) is 0. The molecule has 0 aromatic heterocycles. The van der Waals surface area contributed by atoms with E-state index in [1.54, 1.807) is 0 Å². The molecule has 2 atom stereocenters. The van der Waals surface area contributed by atoms with Gasteiger partial charge in [-0.25, -0.2) is 0 Å². The van der Waals surface area contributed by atoms with Crippen LogP contribution in [0.15, 0.2) is 0 Å². The van der Waals surface area contributed by atoms with Crippen LogP contribution >= 0.6 is 0 Å². The van der Waals surface area contributed by atoms with Crippen LogP contribution < -0.4 is 5.32 Å². The molecule has 0 amide bonds. The number of rotatable bonds is 10. The minimum absolute atomic E-state index is 0.884. The van der Waals surface area contributed by atoms with Crippen LogP contribution in [0.1, 0.15) is 71.6 Å². The zero-order chi connectivity index (χ0) is 10.9. The molecule has 0 heterocycles. The molecule has 0 radical (unpaired) electrons. The fraction of sp³-hybridized carbons (Fsp3) is 1.00. The highest BCUT2D eigenvalue weighted by molar-refractivity contribution is 4.91. The first-order valence-electron chi connectivity index (χ1n) is 7.11. The van der Waals surface area contributed by atoms with Gasteiger partial charge in [0, 0.05) is 6.04 Å². The first kappa shape index (κ1) is 13.0. The van der Waals surface area contributed by atoms with Crippen LogP contribution in [0.5, 0.6) is 0 Å². The van der Waals surface area contributed by atoms with Crippen LogP contribution in [0, 0.1) is 5.92 Å². The van der Waals surface area contributed by atoms with E-state index in [1.165, 1.54) is 64.3 Å². The smallest absolute Gasteiger partial charge is 0.00990 e. The molecule has 1 aliphatic carbocycles. The van der Waals surface area contributed by atoms with Crippen LogP contribution in [-0.2, 0) is 0 Å². The molecule has 0 aliphatic heterocycles. The summed E-state index contributed by atoms with van der Waals surface area (Å²) in [6.07, 6.45) is 12.8. The second-order valence-corrected chi connectivity index (χ2v) is 5.09. The maximum atomic E-state index is 3.66. The fourth-order valence-corrected chi connectivity index (χ4v) is 2.32. The SMILES string of the molecule is CCCCCCCCCNC1CC1CC. The molecule has 1 N–H and O–H groups in total. The van der Waals surface area contributed by atoms with E-state index in [9.17, 15) is 0 Å². The second kappa shape index (κ2) is 8.15. The van der Waals surface area contributed by atoms with Gasteiger partial charge in [-0.3, -0.25) is 0 Å². The van der Waals surface area contributed by atoms with E-state index >= 15 is 0 Å². The highest BCUT2D eigenvalue weighted by Gasteiger charge is 2.34. The van der Waals surface area contributed by atoms with Gasteiger partial charge in [0.2, 0.25) is 0 Å². The lowest BCUT2D eigenvalue weighted by Gasteiger charge is -2.03.